The minimum atomic E-state index is 0.127. The summed E-state index contributed by atoms with van der Waals surface area (Å²) < 4.78 is 0. The summed E-state index contributed by atoms with van der Waals surface area (Å²) >= 11 is 0. The second-order valence-corrected chi connectivity index (χ2v) is 4.99. The van der Waals surface area contributed by atoms with E-state index in [4.69, 9.17) is 5.73 Å². The number of aryl methyl sites for hydroxylation is 2. The van der Waals surface area contributed by atoms with Gasteiger partial charge >= 0.3 is 0 Å². The number of Topliss-reactive ketones (excluding diaryl/α,β-unsaturated/α-hetero) is 1. The fourth-order valence-corrected chi connectivity index (χ4v) is 2.34. The van der Waals surface area contributed by atoms with Crippen LogP contribution < -0.4 is 5.73 Å². The van der Waals surface area contributed by atoms with Crippen molar-refractivity contribution in [2.24, 2.45) is 0 Å². The van der Waals surface area contributed by atoms with Gasteiger partial charge in [-0.25, -0.2) is 0 Å². The van der Waals surface area contributed by atoms with Gasteiger partial charge in [0.1, 0.15) is 0 Å². The zero-order valence-electron chi connectivity index (χ0n) is 11.7. The lowest BCUT2D eigenvalue weighted by Gasteiger charge is -2.11. The minimum absolute atomic E-state index is 0.127. The van der Waals surface area contributed by atoms with Gasteiger partial charge in [-0.15, -0.1) is 0 Å². The zero-order valence-corrected chi connectivity index (χ0v) is 11.7. The van der Waals surface area contributed by atoms with E-state index in [1.807, 2.05) is 57.2 Å². The summed E-state index contributed by atoms with van der Waals surface area (Å²) in [7, 11) is 0. The van der Waals surface area contributed by atoms with E-state index in [1.165, 1.54) is 0 Å². The SMILES string of the molecule is Cc1cccc(C)c1CC(=O)c1cccc(N)c1C. The molecule has 2 nitrogen and oxygen atoms in total. The van der Waals surface area contributed by atoms with Gasteiger partial charge in [0.05, 0.1) is 0 Å². The van der Waals surface area contributed by atoms with Crippen molar-refractivity contribution in [3.05, 3.63) is 64.2 Å². The van der Waals surface area contributed by atoms with Crippen molar-refractivity contribution in [3.8, 4) is 0 Å². The van der Waals surface area contributed by atoms with Crippen LogP contribution in [-0.4, -0.2) is 5.78 Å². The minimum Gasteiger partial charge on any atom is -0.398 e. The van der Waals surface area contributed by atoms with E-state index in [-0.39, 0.29) is 5.78 Å². The lowest BCUT2D eigenvalue weighted by Crippen LogP contribution is -2.09. The summed E-state index contributed by atoms with van der Waals surface area (Å²) in [5.41, 5.74) is 11.6. The van der Waals surface area contributed by atoms with E-state index in [9.17, 15) is 4.79 Å². The molecule has 98 valence electrons. The van der Waals surface area contributed by atoms with Gasteiger partial charge in [-0.05, 0) is 49.1 Å². The maximum absolute atomic E-state index is 12.4. The molecule has 2 N–H and O–H groups in total. The van der Waals surface area contributed by atoms with Gasteiger partial charge in [0.2, 0.25) is 0 Å². The number of nitrogens with two attached hydrogens (primary N) is 1. The van der Waals surface area contributed by atoms with E-state index in [1.54, 1.807) is 0 Å². The first kappa shape index (κ1) is 13.3. The van der Waals surface area contributed by atoms with Crippen LogP contribution >= 0.6 is 0 Å². The van der Waals surface area contributed by atoms with Crippen LogP contribution in [0.5, 0.6) is 0 Å². The van der Waals surface area contributed by atoms with Crippen LogP contribution in [-0.2, 0) is 6.42 Å². The predicted octanol–water partition coefficient (Wildman–Crippen LogP) is 3.62. The summed E-state index contributed by atoms with van der Waals surface area (Å²) in [6.45, 7) is 5.98. The third-order valence-electron chi connectivity index (χ3n) is 3.66. The highest BCUT2D eigenvalue weighted by Crippen LogP contribution is 2.20. The number of ketones is 1. The van der Waals surface area contributed by atoms with Crippen LogP contribution in [0.15, 0.2) is 36.4 Å². The van der Waals surface area contributed by atoms with Crippen LogP contribution in [0.2, 0.25) is 0 Å². The number of anilines is 1. The van der Waals surface area contributed by atoms with Crippen molar-refractivity contribution in [1.29, 1.82) is 0 Å². The molecule has 0 bridgehead atoms. The molecule has 0 aliphatic carbocycles. The molecule has 0 saturated carbocycles. The molecular formula is C17H19NO. The van der Waals surface area contributed by atoms with Gasteiger partial charge in [-0.3, -0.25) is 4.79 Å². The normalized spacial score (nSPS) is 10.5. The Balaban J connectivity index is 2.34. The van der Waals surface area contributed by atoms with E-state index >= 15 is 0 Å². The van der Waals surface area contributed by atoms with Crippen LogP contribution in [0, 0.1) is 20.8 Å². The molecule has 0 atom stereocenters. The molecule has 2 aromatic carbocycles. The number of rotatable bonds is 3. The number of hydrogen-bond donors (Lipinski definition) is 1. The average molecular weight is 253 g/mol. The Hall–Kier alpha value is -2.09. The Kier molecular flexibility index (Phi) is 3.70. The molecule has 0 unspecified atom stereocenters. The van der Waals surface area contributed by atoms with E-state index < -0.39 is 0 Å². The monoisotopic (exact) mass is 253 g/mol. The van der Waals surface area contributed by atoms with Crippen molar-refractivity contribution >= 4 is 11.5 Å². The van der Waals surface area contributed by atoms with E-state index in [2.05, 4.69) is 0 Å². The Morgan fingerprint density at radius 1 is 1.00 bits per heavy atom. The van der Waals surface area contributed by atoms with Gasteiger partial charge in [0, 0.05) is 17.7 Å². The Bertz CT molecular complexity index is 609. The standard InChI is InChI=1S/C17H19NO/c1-11-6-4-7-12(2)15(11)10-17(19)14-8-5-9-16(18)13(14)3/h4-9H,10,18H2,1-3H3. The van der Waals surface area contributed by atoms with Gasteiger partial charge < -0.3 is 5.73 Å². The zero-order chi connectivity index (χ0) is 14.0. The molecule has 0 spiro atoms. The fourth-order valence-electron chi connectivity index (χ4n) is 2.34. The second-order valence-electron chi connectivity index (χ2n) is 4.99. The molecule has 2 aromatic rings. The number of nitrogen functional groups attached to an aromatic ring is 1. The van der Waals surface area contributed by atoms with Crippen molar-refractivity contribution in [1.82, 2.24) is 0 Å². The van der Waals surface area contributed by atoms with Crippen LogP contribution in [0.4, 0.5) is 5.69 Å². The highest BCUT2D eigenvalue weighted by atomic mass is 16.1. The first-order chi connectivity index (χ1) is 9.00. The molecule has 0 aromatic heterocycles. The molecule has 2 rings (SSSR count). The van der Waals surface area contributed by atoms with E-state index in [0.29, 0.717) is 12.1 Å². The molecule has 0 aliphatic heterocycles. The summed E-state index contributed by atoms with van der Waals surface area (Å²) in [5, 5.41) is 0. The van der Waals surface area contributed by atoms with Crippen LogP contribution in [0.3, 0.4) is 0 Å². The van der Waals surface area contributed by atoms with Crippen LogP contribution in [0.1, 0.15) is 32.6 Å². The predicted molar refractivity (Wildman–Crippen MR) is 79.5 cm³/mol. The Labute approximate surface area is 114 Å². The number of carbonyl (C=O) groups excluding carboxylic acids is 1. The van der Waals surface area contributed by atoms with Crippen LogP contribution in [0.25, 0.3) is 0 Å². The van der Waals surface area contributed by atoms with E-state index in [0.717, 1.165) is 27.8 Å². The number of carbonyl (C=O) groups is 1. The summed E-state index contributed by atoms with van der Waals surface area (Å²) in [4.78, 5) is 12.4. The molecule has 0 heterocycles. The maximum Gasteiger partial charge on any atom is 0.167 e. The molecule has 0 fully saturated rings. The van der Waals surface area contributed by atoms with Crippen molar-refractivity contribution in [3.63, 3.8) is 0 Å². The molecule has 0 saturated heterocycles. The largest absolute Gasteiger partial charge is 0.398 e. The smallest absolute Gasteiger partial charge is 0.167 e. The molecule has 2 heteroatoms. The highest BCUT2D eigenvalue weighted by Gasteiger charge is 2.13. The van der Waals surface area contributed by atoms with Gasteiger partial charge in [-0.1, -0.05) is 30.3 Å². The first-order valence-corrected chi connectivity index (χ1v) is 6.44. The second kappa shape index (κ2) is 5.27. The topological polar surface area (TPSA) is 43.1 Å². The molecule has 19 heavy (non-hydrogen) atoms. The highest BCUT2D eigenvalue weighted by molar-refractivity contribution is 6.00. The van der Waals surface area contributed by atoms with Crippen molar-refractivity contribution < 1.29 is 4.79 Å². The Morgan fingerprint density at radius 2 is 1.58 bits per heavy atom. The Morgan fingerprint density at radius 3 is 2.21 bits per heavy atom. The molecule has 0 radical (unpaired) electrons. The van der Waals surface area contributed by atoms with Gasteiger partial charge in [0.25, 0.3) is 0 Å². The fraction of sp³-hybridized carbons (Fsp3) is 0.235. The van der Waals surface area contributed by atoms with Crippen molar-refractivity contribution in [2.45, 2.75) is 27.2 Å². The molecule has 0 amide bonds. The third kappa shape index (κ3) is 2.68. The average Bonchev–Trinajstić information content (AvgIpc) is 2.37. The number of hydrogen-bond acceptors (Lipinski definition) is 2. The lowest BCUT2D eigenvalue weighted by molar-refractivity contribution is 0.0992. The van der Waals surface area contributed by atoms with Gasteiger partial charge in [0.15, 0.2) is 5.78 Å². The van der Waals surface area contributed by atoms with Gasteiger partial charge in [-0.2, -0.15) is 0 Å². The van der Waals surface area contributed by atoms with Crippen molar-refractivity contribution in [2.75, 3.05) is 5.73 Å². The summed E-state index contributed by atoms with van der Waals surface area (Å²) in [6.07, 6.45) is 0.433. The molecular weight excluding hydrogens is 234 g/mol. The first-order valence-electron chi connectivity index (χ1n) is 6.44. The lowest BCUT2D eigenvalue weighted by atomic mass is 9.93. The molecule has 0 aliphatic rings. The summed E-state index contributed by atoms with van der Waals surface area (Å²) in [6, 6.07) is 11.6. The third-order valence-corrected chi connectivity index (χ3v) is 3.66. The number of benzene rings is 2. The quantitative estimate of drug-likeness (QED) is 0.670. The maximum atomic E-state index is 12.4. The summed E-state index contributed by atoms with van der Waals surface area (Å²) in [5.74, 6) is 0.127.